The van der Waals surface area contributed by atoms with E-state index in [0.29, 0.717) is 52.8 Å². The van der Waals surface area contributed by atoms with Crippen LogP contribution in [0, 0.1) is 10.1 Å². The fourth-order valence-corrected chi connectivity index (χ4v) is 4.17. The Morgan fingerprint density at radius 1 is 0.857 bits per heavy atom. The van der Waals surface area contributed by atoms with Crippen LogP contribution in [0.4, 0.5) is 5.69 Å². The molecule has 4 rings (SSSR count). The molecule has 0 aromatic heterocycles. The Bertz CT molecular complexity index is 1270. The summed E-state index contributed by atoms with van der Waals surface area (Å²) in [6.07, 6.45) is 0.587. The van der Waals surface area contributed by atoms with E-state index >= 15 is 0 Å². The van der Waals surface area contributed by atoms with E-state index in [1.54, 1.807) is 19.2 Å². The Morgan fingerprint density at radius 3 is 2.17 bits per heavy atom. The molecule has 1 aliphatic heterocycles. The smallest absolute Gasteiger partial charge is 0.282 e. The minimum absolute atomic E-state index is 0.144. The van der Waals surface area contributed by atoms with E-state index in [0.717, 1.165) is 11.1 Å². The summed E-state index contributed by atoms with van der Waals surface area (Å²) in [6, 6.07) is 14.4. The van der Waals surface area contributed by atoms with Crippen LogP contribution in [-0.2, 0) is 13.0 Å². The van der Waals surface area contributed by atoms with Crippen molar-refractivity contribution in [2.24, 2.45) is 4.99 Å². The molecule has 0 spiro atoms. The van der Waals surface area contributed by atoms with Crippen molar-refractivity contribution in [3.8, 4) is 28.7 Å². The van der Waals surface area contributed by atoms with Crippen molar-refractivity contribution in [2.75, 3.05) is 35.0 Å². The molecule has 9 nitrogen and oxygen atoms in total. The summed E-state index contributed by atoms with van der Waals surface area (Å²) in [5.41, 5.74) is 3.09. The molecule has 0 fully saturated rings. The van der Waals surface area contributed by atoms with Crippen LogP contribution in [-0.4, -0.2) is 45.6 Å². The van der Waals surface area contributed by atoms with E-state index in [4.69, 9.17) is 23.7 Å². The summed E-state index contributed by atoms with van der Waals surface area (Å²) in [7, 11) is 6.06. The van der Waals surface area contributed by atoms with Gasteiger partial charge >= 0.3 is 0 Å². The molecular weight excluding hydrogens is 452 g/mol. The third kappa shape index (κ3) is 4.57. The van der Waals surface area contributed by atoms with Gasteiger partial charge < -0.3 is 23.7 Å². The Kier molecular flexibility index (Phi) is 7.05. The molecule has 0 amide bonds. The lowest BCUT2D eigenvalue weighted by atomic mass is 9.90. The molecule has 0 saturated heterocycles. The first-order chi connectivity index (χ1) is 17.0. The standard InChI is InChI=1S/C26H26N2O7/c1-31-21-14-20(28(29)30)19(13-22(21)35-15-16-8-6-5-7-9-16)24-18-12-23(32-2)26(34-4)25(33-3)17(18)10-11-27-24/h5-9,12-14H,10-11,15H2,1-4H3. The highest BCUT2D eigenvalue weighted by Crippen LogP contribution is 2.45. The lowest BCUT2D eigenvalue weighted by Gasteiger charge is -2.23. The Hall–Kier alpha value is -4.27. The summed E-state index contributed by atoms with van der Waals surface area (Å²) < 4.78 is 28.1. The second-order valence-electron chi connectivity index (χ2n) is 7.70. The topological polar surface area (TPSA) is 102 Å². The lowest BCUT2D eigenvalue weighted by Crippen LogP contribution is -2.18. The van der Waals surface area contributed by atoms with Crippen LogP contribution in [0.5, 0.6) is 28.7 Å². The Labute approximate surface area is 203 Å². The van der Waals surface area contributed by atoms with Gasteiger partial charge in [-0.3, -0.25) is 15.1 Å². The van der Waals surface area contributed by atoms with E-state index in [-0.39, 0.29) is 18.0 Å². The van der Waals surface area contributed by atoms with Gasteiger partial charge in [0.15, 0.2) is 23.0 Å². The molecule has 3 aromatic carbocycles. The molecule has 182 valence electrons. The number of hydrogen-bond acceptors (Lipinski definition) is 8. The molecular formula is C26H26N2O7. The van der Waals surface area contributed by atoms with Gasteiger partial charge in [-0.15, -0.1) is 0 Å². The van der Waals surface area contributed by atoms with Crippen molar-refractivity contribution >= 4 is 11.4 Å². The second-order valence-corrected chi connectivity index (χ2v) is 7.70. The normalized spacial score (nSPS) is 12.3. The van der Waals surface area contributed by atoms with Crippen LogP contribution in [0.15, 0.2) is 53.5 Å². The van der Waals surface area contributed by atoms with Crippen LogP contribution in [0.2, 0.25) is 0 Å². The first-order valence-corrected chi connectivity index (χ1v) is 10.9. The predicted octanol–water partition coefficient (Wildman–Crippen LogP) is 4.60. The molecule has 0 unspecified atom stereocenters. The molecule has 1 heterocycles. The lowest BCUT2D eigenvalue weighted by molar-refractivity contribution is -0.385. The molecule has 35 heavy (non-hydrogen) atoms. The SMILES string of the molecule is COc1cc([N+](=O)[O-])c(C2=NCCc3c2cc(OC)c(OC)c3OC)cc1OCc1ccccc1. The van der Waals surface area contributed by atoms with Gasteiger partial charge in [0.25, 0.3) is 5.69 Å². The zero-order chi connectivity index (χ0) is 24.9. The molecule has 0 saturated carbocycles. The van der Waals surface area contributed by atoms with E-state index < -0.39 is 4.92 Å². The van der Waals surface area contributed by atoms with E-state index in [1.807, 2.05) is 30.3 Å². The van der Waals surface area contributed by atoms with Crippen molar-refractivity contribution in [1.82, 2.24) is 0 Å². The minimum Gasteiger partial charge on any atom is -0.493 e. The highest BCUT2D eigenvalue weighted by Gasteiger charge is 2.30. The summed E-state index contributed by atoms with van der Waals surface area (Å²) in [6.45, 7) is 0.702. The fraction of sp³-hybridized carbons (Fsp3) is 0.269. The third-order valence-corrected chi connectivity index (χ3v) is 5.79. The molecule has 0 radical (unpaired) electrons. The number of nitrogens with zero attached hydrogens (tertiary/aromatic N) is 2. The number of ether oxygens (including phenoxy) is 5. The maximum absolute atomic E-state index is 12.1. The number of rotatable bonds is 9. The molecule has 0 aliphatic carbocycles. The van der Waals surface area contributed by atoms with E-state index in [9.17, 15) is 10.1 Å². The fourth-order valence-electron chi connectivity index (χ4n) is 4.17. The maximum Gasteiger partial charge on any atom is 0.282 e. The third-order valence-electron chi connectivity index (χ3n) is 5.79. The summed E-state index contributed by atoms with van der Waals surface area (Å²) >= 11 is 0. The Morgan fingerprint density at radius 2 is 1.54 bits per heavy atom. The number of methoxy groups -OCH3 is 4. The number of benzene rings is 3. The molecule has 9 heteroatoms. The van der Waals surface area contributed by atoms with Gasteiger partial charge in [-0.25, -0.2) is 0 Å². The van der Waals surface area contributed by atoms with Crippen molar-refractivity contribution in [1.29, 1.82) is 0 Å². The van der Waals surface area contributed by atoms with Gasteiger partial charge in [-0.2, -0.15) is 0 Å². The zero-order valence-electron chi connectivity index (χ0n) is 20.0. The largest absolute Gasteiger partial charge is 0.493 e. The van der Waals surface area contributed by atoms with Crippen LogP contribution in [0.25, 0.3) is 0 Å². The van der Waals surface area contributed by atoms with Gasteiger partial charge in [-0.1, -0.05) is 30.3 Å². The molecule has 0 bridgehead atoms. The van der Waals surface area contributed by atoms with Gasteiger partial charge in [0.05, 0.1) is 50.7 Å². The highest BCUT2D eigenvalue weighted by atomic mass is 16.6. The van der Waals surface area contributed by atoms with Crippen molar-refractivity contribution < 1.29 is 28.6 Å². The van der Waals surface area contributed by atoms with Gasteiger partial charge in [0, 0.05) is 23.7 Å². The summed E-state index contributed by atoms with van der Waals surface area (Å²) in [4.78, 5) is 16.3. The molecule has 3 aromatic rings. The van der Waals surface area contributed by atoms with E-state index in [2.05, 4.69) is 4.99 Å². The summed E-state index contributed by atoms with van der Waals surface area (Å²) in [5.74, 6) is 2.06. The van der Waals surface area contributed by atoms with Gasteiger partial charge in [0.2, 0.25) is 5.75 Å². The number of aliphatic imine (C=N–C) groups is 1. The van der Waals surface area contributed by atoms with Crippen molar-refractivity contribution in [3.63, 3.8) is 0 Å². The minimum atomic E-state index is -0.451. The van der Waals surface area contributed by atoms with E-state index in [1.165, 1.54) is 27.4 Å². The predicted molar refractivity (Wildman–Crippen MR) is 131 cm³/mol. The van der Waals surface area contributed by atoms with Crippen molar-refractivity contribution in [3.05, 3.63) is 80.9 Å². The quantitative estimate of drug-likeness (QED) is 0.327. The van der Waals surface area contributed by atoms with Crippen LogP contribution < -0.4 is 23.7 Å². The van der Waals surface area contributed by atoms with Crippen LogP contribution >= 0.6 is 0 Å². The molecule has 0 atom stereocenters. The monoisotopic (exact) mass is 478 g/mol. The molecule has 0 N–H and O–H groups in total. The first-order valence-electron chi connectivity index (χ1n) is 10.9. The number of fused-ring (bicyclic) bond motifs is 1. The van der Waals surface area contributed by atoms with Crippen LogP contribution in [0.3, 0.4) is 0 Å². The number of hydrogen-bond donors (Lipinski definition) is 0. The summed E-state index contributed by atoms with van der Waals surface area (Å²) in [5, 5.41) is 12.1. The number of nitro groups is 1. The first kappa shape index (κ1) is 23.9. The average molecular weight is 479 g/mol. The molecule has 1 aliphatic rings. The average Bonchev–Trinajstić information content (AvgIpc) is 2.90. The zero-order valence-corrected chi connectivity index (χ0v) is 20.0. The van der Waals surface area contributed by atoms with Gasteiger partial charge in [-0.05, 0) is 18.1 Å². The second kappa shape index (κ2) is 10.3. The maximum atomic E-state index is 12.1. The van der Waals surface area contributed by atoms with Crippen LogP contribution in [0.1, 0.15) is 22.3 Å². The highest BCUT2D eigenvalue weighted by molar-refractivity contribution is 6.17. The number of nitro benzene ring substituents is 1. The Balaban J connectivity index is 1.86. The van der Waals surface area contributed by atoms with Gasteiger partial charge in [0.1, 0.15) is 6.61 Å². The van der Waals surface area contributed by atoms with Crippen molar-refractivity contribution in [2.45, 2.75) is 13.0 Å².